The van der Waals surface area contributed by atoms with Gasteiger partial charge in [-0.25, -0.2) is 4.39 Å². The molecule has 0 atom stereocenters. The number of amides is 2. The van der Waals surface area contributed by atoms with E-state index < -0.39 is 0 Å². The number of carbonyl (C=O) groups is 3. The highest BCUT2D eigenvalue weighted by atomic mass is 19.1. The number of hydrogen-bond donors (Lipinski definition) is 1. The quantitative estimate of drug-likeness (QED) is 0.384. The molecule has 1 aromatic carbocycles. The highest BCUT2D eigenvalue weighted by Crippen LogP contribution is 2.58. The minimum absolute atomic E-state index is 0.0536. The second-order valence-electron chi connectivity index (χ2n) is 10.7. The summed E-state index contributed by atoms with van der Waals surface area (Å²) in [6, 6.07) is 6.35. The van der Waals surface area contributed by atoms with Crippen molar-refractivity contribution >= 4 is 17.8 Å². The number of nitrogens with one attached hydrogen (secondary N) is 1. The Bertz CT molecular complexity index is 850. The van der Waals surface area contributed by atoms with Gasteiger partial charge in [0.05, 0.1) is 0 Å². The molecule has 4 aliphatic carbocycles. The average Bonchev–Trinajstić information content (AvgIpc) is 2.78. The maximum Gasteiger partial charge on any atom is 0.306 e. The zero-order valence-corrected chi connectivity index (χ0v) is 20.2. The Morgan fingerprint density at radius 1 is 1.00 bits per heavy atom. The van der Waals surface area contributed by atoms with Crippen molar-refractivity contribution in [1.29, 1.82) is 0 Å². The molecule has 4 saturated carbocycles. The Hall–Kier alpha value is -2.44. The fraction of sp³-hybridized carbons (Fsp3) is 0.667. The van der Waals surface area contributed by atoms with E-state index in [4.69, 9.17) is 4.74 Å². The molecule has 4 bridgehead atoms. The van der Waals surface area contributed by atoms with Gasteiger partial charge in [-0.1, -0.05) is 18.6 Å². The van der Waals surface area contributed by atoms with Crippen molar-refractivity contribution in [1.82, 2.24) is 10.2 Å². The largest absolute Gasteiger partial charge is 0.456 e. The predicted molar refractivity (Wildman–Crippen MR) is 126 cm³/mol. The number of ether oxygens (including phenoxy) is 1. The van der Waals surface area contributed by atoms with Crippen molar-refractivity contribution < 1.29 is 23.5 Å². The third kappa shape index (κ3) is 6.16. The van der Waals surface area contributed by atoms with Gasteiger partial charge in [0.15, 0.2) is 6.61 Å². The molecule has 0 unspecified atom stereocenters. The van der Waals surface area contributed by atoms with Gasteiger partial charge in [0.2, 0.25) is 5.91 Å². The normalized spacial score (nSPS) is 26.8. The monoisotopic (exact) mass is 472 g/mol. The Balaban J connectivity index is 1.34. The number of rotatable bonds is 11. The molecule has 0 radical (unpaired) electrons. The SMILES string of the molecule is CC(=O)NCCCCCC(=O)OCC(=O)N(Cc1ccc(F)cc1)C12CC3CC(CC(C3)C1)C2. The Morgan fingerprint density at radius 3 is 2.21 bits per heavy atom. The molecule has 4 fully saturated rings. The summed E-state index contributed by atoms with van der Waals surface area (Å²) in [5.41, 5.74) is 0.729. The zero-order valence-electron chi connectivity index (χ0n) is 20.2. The van der Waals surface area contributed by atoms with Crippen LogP contribution in [0.4, 0.5) is 4.39 Å². The van der Waals surface area contributed by atoms with Crippen molar-refractivity contribution in [3.63, 3.8) is 0 Å². The van der Waals surface area contributed by atoms with Crippen molar-refractivity contribution in [2.45, 2.75) is 83.2 Å². The van der Waals surface area contributed by atoms with Crippen LogP contribution in [0.3, 0.4) is 0 Å². The molecule has 5 rings (SSSR count). The van der Waals surface area contributed by atoms with E-state index in [9.17, 15) is 18.8 Å². The summed E-state index contributed by atoms with van der Waals surface area (Å²) in [7, 11) is 0. The lowest BCUT2D eigenvalue weighted by Gasteiger charge is -2.60. The minimum atomic E-state index is -0.361. The van der Waals surface area contributed by atoms with Crippen molar-refractivity contribution in [2.75, 3.05) is 13.2 Å². The van der Waals surface area contributed by atoms with Crippen molar-refractivity contribution in [2.24, 2.45) is 17.8 Å². The van der Waals surface area contributed by atoms with Crippen LogP contribution in [0.25, 0.3) is 0 Å². The molecule has 186 valence electrons. The van der Waals surface area contributed by atoms with E-state index in [1.54, 1.807) is 12.1 Å². The third-order valence-electron chi connectivity index (χ3n) is 7.92. The van der Waals surface area contributed by atoms with Gasteiger partial charge in [0, 0.05) is 32.0 Å². The number of hydrogen-bond acceptors (Lipinski definition) is 4. The van der Waals surface area contributed by atoms with E-state index in [1.165, 1.54) is 38.3 Å². The maximum atomic E-state index is 13.5. The van der Waals surface area contributed by atoms with Crippen LogP contribution in [0.5, 0.6) is 0 Å². The predicted octanol–water partition coefficient (Wildman–Crippen LogP) is 4.36. The summed E-state index contributed by atoms with van der Waals surface area (Å²) >= 11 is 0. The molecule has 0 spiro atoms. The number of esters is 1. The Labute approximate surface area is 201 Å². The van der Waals surface area contributed by atoms with E-state index in [1.807, 2.05) is 4.90 Å². The summed E-state index contributed by atoms with van der Waals surface area (Å²) < 4.78 is 18.8. The summed E-state index contributed by atoms with van der Waals surface area (Å²) in [4.78, 5) is 38.5. The smallest absolute Gasteiger partial charge is 0.306 e. The van der Waals surface area contributed by atoms with E-state index in [2.05, 4.69) is 5.32 Å². The number of benzene rings is 1. The summed E-state index contributed by atoms with van der Waals surface area (Å²) in [5, 5.41) is 2.74. The zero-order chi connectivity index (χ0) is 24.1. The van der Waals surface area contributed by atoms with Crippen LogP contribution in [0.15, 0.2) is 24.3 Å². The number of unbranched alkanes of at least 4 members (excludes halogenated alkanes) is 2. The van der Waals surface area contributed by atoms with Gasteiger partial charge in [0.1, 0.15) is 5.82 Å². The van der Waals surface area contributed by atoms with Crippen molar-refractivity contribution in [3.05, 3.63) is 35.6 Å². The highest BCUT2D eigenvalue weighted by molar-refractivity contribution is 5.81. The van der Waals surface area contributed by atoms with Gasteiger partial charge in [0.25, 0.3) is 5.91 Å². The summed E-state index contributed by atoms with van der Waals surface area (Å²) in [5.74, 6) is 1.18. The lowest BCUT2D eigenvalue weighted by molar-refractivity contribution is -0.163. The van der Waals surface area contributed by atoms with Gasteiger partial charge < -0.3 is 15.0 Å². The van der Waals surface area contributed by atoms with E-state index in [0.29, 0.717) is 37.3 Å². The molecule has 0 aliphatic heterocycles. The lowest BCUT2D eigenvalue weighted by Crippen LogP contribution is -2.61. The van der Waals surface area contributed by atoms with Crippen LogP contribution in [0.1, 0.15) is 76.7 Å². The molecule has 6 nitrogen and oxygen atoms in total. The first kappa shape index (κ1) is 24.7. The average molecular weight is 473 g/mol. The fourth-order valence-corrected chi connectivity index (χ4v) is 6.82. The molecule has 1 aromatic rings. The summed E-state index contributed by atoms with van der Waals surface area (Å²) in [6.45, 7) is 2.27. The van der Waals surface area contributed by atoms with Crippen LogP contribution in [-0.2, 0) is 25.7 Å². The molecule has 0 aromatic heterocycles. The number of nitrogens with zero attached hydrogens (tertiary/aromatic N) is 1. The molecular formula is C27H37FN2O4. The van der Waals surface area contributed by atoms with Gasteiger partial charge >= 0.3 is 5.97 Å². The first-order valence-corrected chi connectivity index (χ1v) is 12.8. The molecule has 4 aliphatic rings. The fourth-order valence-electron chi connectivity index (χ4n) is 6.82. The Morgan fingerprint density at radius 2 is 1.62 bits per heavy atom. The van der Waals surface area contributed by atoms with Crippen LogP contribution in [0, 0.1) is 23.6 Å². The number of halogens is 1. The molecule has 7 heteroatoms. The molecule has 0 heterocycles. The topological polar surface area (TPSA) is 75.7 Å². The van der Waals surface area contributed by atoms with E-state index in [0.717, 1.165) is 37.7 Å². The molecule has 0 saturated heterocycles. The molecular weight excluding hydrogens is 435 g/mol. The van der Waals surface area contributed by atoms with Gasteiger partial charge in [-0.15, -0.1) is 0 Å². The Kier molecular flexibility index (Phi) is 7.89. The van der Waals surface area contributed by atoms with Crippen molar-refractivity contribution in [3.8, 4) is 0 Å². The first-order chi connectivity index (χ1) is 16.3. The first-order valence-electron chi connectivity index (χ1n) is 12.8. The van der Waals surface area contributed by atoms with E-state index >= 15 is 0 Å². The van der Waals surface area contributed by atoms with Crippen LogP contribution >= 0.6 is 0 Å². The lowest BCUT2D eigenvalue weighted by atomic mass is 9.52. The molecule has 1 N–H and O–H groups in total. The third-order valence-corrected chi connectivity index (χ3v) is 7.92. The molecule has 34 heavy (non-hydrogen) atoms. The van der Waals surface area contributed by atoms with Crippen LogP contribution in [0.2, 0.25) is 0 Å². The second kappa shape index (κ2) is 10.9. The van der Waals surface area contributed by atoms with E-state index in [-0.39, 0.29) is 42.2 Å². The second-order valence-corrected chi connectivity index (χ2v) is 10.7. The van der Waals surface area contributed by atoms with Gasteiger partial charge in [-0.2, -0.15) is 0 Å². The van der Waals surface area contributed by atoms with Crippen LogP contribution in [-0.4, -0.2) is 41.4 Å². The number of carbonyl (C=O) groups excluding carboxylic acids is 3. The standard InChI is InChI=1S/C27H37FN2O4/c1-19(31)29-10-4-2-3-5-26(33)34-18-25(32)30(17-20-6-8-24(28)9-7-20)27-14-21-11-22(15-27)13-23(12-21)16-27/h6-9,21-23H,2-5,10-18H2,1H3,(H,29,31). The maximum absolute atomic E-state index is 13.5. The summed E-state index contributed by atoms with van der Waals surface area (Å²) in [6.07, 6.45) is 9.44. The van der Waals surface area contributed by atoms with Gasteiger partial charge in [-0.05, 0) is 86.8 Å². The minimum Gasteiger partial charge on any atom is -0.456 e. The van der Waals surface area contributed by atoms with Gasteiger partial charge in [-0.3, -0.25) is 14.4 Å². The van der Waals surface area contributed by atoms with Crippen LogP contribution < -0.4 is 5.32 Å². The highest BCUT2D eigenvalue weighted by Gasteiger charge is 2.54. The molecule has 2 amide bonds.